The van der Waals surface area contributed by atoms with Gasteiger partial charge in [0.1, 0.15) is 6.54 Å². The van der Waals surface area contributed by atoms with Gasteiger partial charge in [0, 0.05) is 32.1 Å². The Kier molecular flexibility index (Phi) is 6.46. The van der Waals surface area contributed by atoms with Gasteiger partial charge in [0.05, 0.1) is 40.2 Å². The summed E-state index contributed by atoms with van der Waals surface area (Å²) in [7, 11) is 4.50. The highest BCUT2D eigenvalue weighted by atomic mass is 16.5. The number of carbonyl (C=O) groups excluding carboxylic acids is 2. The number of anilines is 1. The van der Waals surface area contributed by atoms with Crippen molar-refractivity contribution >= 4 is 17.5 Å². The van der Waals surface area contributed by atoms with Crippen molar-refractivity contribution in [2.75, 3.05) is 59.1 Å². The van der Waals surface area contributed by atoms with Crippen LogP contribution in [-0.2, 0) is 14.3 Å². The van der Waals surface area contributed by atoms with Gasteiger partial charge < -0.3 is 28.7 Å². The molecule has 0 saturated carbocycles. The van der Waals surface area contributed by atoms with Crippen LogP contribution < -0.4 is 19.1 Å². The molecule has 1 fully saturated rings. The molecule has 0 aliphatic carbocycles. The molecule has 2 rings (SSSR count). The molecule has 1 aromatic carbocycles. The monoisotopic (exact) mass is 352 g/mol. The Labute approximate surface area is 147 Å². The predicted molar refractivity (Wildman–Crippen MR) is 91.5 cm³/mol. The van der Waals surface area contributed by atoms with E-state index >= 15 is 0 Å². The van der Waals surface area contributed by atoms with Crippen molar-refractivity contribution in [3.05, 3.63) is 12.1 Å². The lowest BCUT2D eigenvalue weighted by Gasteiger charge is -2.30. The van der Waals surface area contributed by atoms with Crippen molar-refractivity contribution in [2.45, 2.75) is 6.92 Å². The van der Waals surface area contributed by atoms with Crippen molar-refractivity contribution in [2.24, 2.45) is 0 Å². The van der Waals surface area contributed by atoms with Crippen LogP contribution in [0.4, 0.5) is 5.69 Å². The summed E-state index contributed by atoms with van der Waals surface area (Å²) in [6.07, 6.45) is 0. The normalized spacial score (nSPS) is 14.0. The molecular formula is C17H24N2O6. The van der Waals surface area contributed by atoms with Crippen LogP contribution in [0, 0.1) is 0 Å². The molecule has 0 bridgehead atoms. The van der Waals surface area contributed by atoms with Gasteiger partial charge >= 0.3 is 0 Å². The van der Waals surface area contributed by atoms with E-state index in [0.717, 1.165) is 0 Å². The van der Waals surface area contributed by atoms with Gasteiger partial charge in [-0.25, -0.2) is 0 Å². The van der Waals surface area contributed by atoms with Gasteiger partial charge in [-0.1, -0.05) is 0 Å². The van der Waals surface area contributed by atoms with E-state index in [2.05, 4.69) is 0 Å². The van der Waals surface area contributed by atoms with Crippen LogP contribution in [-0.4, -0.2) is 70.9 Å². The molecule has 1 saturated heterocycles. The van der Waals surface area contributed by atoms with E-state index in [1.165, 1.54) is 33.2 Å². The summed E-state index contributed by atoms with van der Waals surface area (Å²) in [5, 5.41) is 0. The largest absolute Gasteiger partial charge is 0.493 e. The predicted octanol–water partition coefficient (Wildman–Crippen LogP) is 0.924. The molecule has 8 heteroatoms. The topological polar surface area (TPSA) is 77.5 Å². The number of ether oxygens (including phenoxy) is 4. The molecule has 0 unspecified atom stereocenters. The second-order valence-electron chi connectivity index (χ2n) is 5.48. The van der Waals surface area contributed by atoms with Crippen molar-refractivity contribution in [1.82, 2.24) is 4.90 Å². The molecule has 0 atom stereocenters. The van der Waals surface area contributed by atoms with Gasteiger partial charge in [-0.15, -0.1) is 0 Å². The number of morpholine rings is 1. The maximum atomic E-state index is 12.5. The Hall–Kier alpha value is -2.48. The summed E-state index contributed by atoms with van der Waals surface area (Å²) in [6.45, 7) is 3.43. The number of amides is 2. The highest BCUT2D eigenvalue weighted by Gasteiger charge is 2.24. The van der Waals surface area contributed by atoms with E-state index in [0.29, 0.717) is 49.2 Å². The van der Waals surface area contributed by atoms with Gasteiger partial charge in [0.15, 0.2) is 11.5 Å². The minimum atomic E-state index is -0.254. The fourth-order valence-corrected chi connectivity index (χ4v) is 2.66. The SMILES string of the molecule is COc1cc(N(CC(=O)N2CCOCC2)C(C)=O)cc(OC)c1OC. The minimum absolute atomic E-state index is 0.0615. The van der Waals surface area contributed by atoms with Crippen LogP contribution in [0.5, 0.6) is 17.2 Å². The summed E-state index contributed by atoms with van der Waals surface area (Å²) in [5.41, 5.74) is 0.503. The lowest BCUT2D eigenvalue weighted by molar-refractivity contribution is -0.134. The fourth-order valence-electron chi connectivity index (χ4n) is 2.66. The number of rotatable bonds is 6. The summed E-state index contributed by atoms with van der Waals surface area (Å²) in [4.78, 5) is 27.7. The van der Waals surface area contributed by atoms with E-state index in [-0.39, 0.29) is 18.4 Å². The van der Waals surface area contributed by atoms with Crippen LogP contribution in [0.15, 0.2) is 12.1 Å². The molecule has 8 nitrogen and oxygen atoms in total. The number of methoxy groups -OCH3 is 3. The average molecular weight is 352 g/mol. The summed E-state index contributed by atoms with van der Waals surface area (Å²) < 4.78 is 21.2. The Bertz CT molecular complexity index is 603. The van der Waals surface area contributed by atoms with Crippen molar-refractivity contribution < 1.29 is 28.5 Å². The smallest absolute Gasteiger partial charge is 0.242 e. The van der Waals surface area contributed by atoms with E-state index in [1.54, 1.807) is 17.0 Å². The third kappa shape index (κ3) is 4.33. The molecule has 2 amide bonds. The molecule has 1 heterocycles. The molecule has 25 heavy (non-hydrogen) atoms. The molecular weight excluding hydrogens is 328 g/mol. The highest BCUT2D eigenvalue weighted by molar-refractivity contribution is 5.98. The molecule has 0 spiro atoms. The van der Waals surface area contributed by atoms with E-state index in [4.69, 9.17) is 18.9 Å². The maximum Gasteiger partial charge on any atom is 0.242 e. The Morgan fingerprint density at radius 3 is 2.08 bits per heavy atom. The van der Waals surface area contributed by atoms with Crippen LogP contribution in [0.3, 0.4) is 0 Å². The lowest BCUT2D eigenvalue weighted by atomic mass is 10.2. The van der Waals surface area contributed by atoms with Crippen molar-refractivity contribution in [3.8, 4) is 17.2 Å². The second-order valence-corrected chi connectivity index (χ2v) is 5.48. The molecule has 138 valence electrons. The lowest BCUT2D eigenvalue weighted by Crippen LogP contribution is -2.46. The Morgan fingerprint density at radius 2 is 1.64 bits per heavy atom. The third-order valence-electron chi connectivity index (χ3n) is 4.00. The maximum absolute atomic E-state index is 12.5. The first-order chi connectivity index (χ1) is 12.0. The number of benzene rings is 1. The molecule has 1 aromatic rings. The van der Waals surface area contributed by atoms with Gasteiger partial charge in [-0.2, -0.15) is 0 Å². The highest BCUT2D eigenvalue weighted by Crippen LogP contribution is 2.41. The van der Waals surface area contributed by atoms with Gasteiger partial charge in [-0.3, -0.25) is 9.59 Å². The van der Waals surface area contributed by atoms with Crippen LogP contribution >= 0.6 is 0 Å². The first kappa shape index (κ1) is 18.9. The quantitative estimate of drug-likeness (QED) is 0.758. The van der Waals surface area contributed by atoms with Gasteiger partial charge in [-0.05, 0) is 0 Å². The summed E-state index contributed by atoms with van der Waals surface area (Å²) in [6, 6.07) is 3.30. The molecule has 0 N–H and O–H groups in total. The number of hydrogen-bond acceptors (Lipinski definition) is 6. The first-order valence-corrected chi connectivity index (χ1v) is 7.95. The minimum Gasteiger partial charge on any atom is -0.493 e. The molecule has 1 aliphatic rings. The summed E-state index contributed by atoms with van der Waals surface area (Å²) in [5.74, 6) is 0.878. The van der Waals surface area contributed by atoms with Crippen LogP contribution in [0.2, 0.25) is 0 Å². The Balaban J connectivity index is 2.30. The second kappa shape index (κ2) is 8.57. The zero-order valence-electron chi connectivity index (χ0n) is 15.0. The zero-order valence-corrected chi connectivity index (χ0v) is 15.0. The standard InChI is InChI=1S/C17H24N2O6/c1-12(20)19(11-16(21)18-5-7-25-8-6-18)13-9-14(22-2)17(24-4)15(10-13)23-3/h9-10H,5-8,11H2,1-4H3. The van der Waals surface area contributed by atoms with Crippen LogP contribution in [0.1, 0.15) is 6.92 Å². The molecule has 1 aliphatic heterocycles. The fraction of sp³-hybridized carbons (Fsp3) is 0.529. The van der Waals surface area contributed by atoms with Crippen molar-refractivity contribution in [1.29, 1.82) is 0 Å². The van der Waals surface area contributed by atoms with E-state index in [9.17, 15) is 9.59 Å². The summed E-state index contributed by atoms with van der Waals surface area (Å²) >= 11 is 0. The number of nitrogens with zero attached hydrogens (tertiary/aromatic N) is 2. The van der Waals surface area contributed by atoms with Gasteiger partial charge in [0.2, 0.25) is 17.6 Å². The van der Waals surface area contributed by atoms with Crippen molar-refractivity contribution in [3.63, 3.8) is 0 Å². The first-order valence-electron chi connectivity index (χ1n) is 7.95. The zero-order chi connectivity index (χ0) is 18.4. The average Bonchev–Trinajstić information content (AvgIpc) is 2.64. The third-order valence-corrected chi connectivity index (χ3v) is 4.00. The van der Waals surface area contributed by atoms with E-state index in [1.807, 2.05) is 0 Å². The molecule has 0 aromatic heterocycles. The van der Waals surface area contributed by atoms with E-state index < -0.39 is 0 Å². The Morgan fingerprint density at radius 1 is 1.08 bits per heavy atom. The number of carbonyl (C=O) groups is 2. The molecule has 0 radical (unpaired) electrons. The van der Waals surface area contributed by atoms with Gasteiger partial charge in [0.25, 0.3) is 0 Å². The van der Waals surface area contributed by atoms with Crippen LogP contribution in [0.25, 0.3) is 0 Å². The number of hydrogen-bond donors (Lipinski definition) is 0.